The number of anilines is 1. The quantitative estimate of drug-likeness (QED) is 0.266. The molecule has 1 heterocycles. The second kappa shape index (κ2) is 5.64. The van der Waals surface area contributed by atoms with Crippen molar-refractivity contribution in [2.75, 3.05) is 18.8 Å². The predicted octanol–water partition coefficient (Wildman–Crippen LogP) is 3.53. The highest BCUT2D eigenvalue weighted by molar-refractivity contribution is 6.04. The van der Waals surface area contributed by atoms with E-state index in [2.05, 4.69) is 42.7 Å². The fraction of sp³-hybridized carbons (Fsp3) is 0.200. The van der Waals surface area contributed by atoms with Gasteiger partial charge in [0.05, 0.1) is 0 Å². The van der Waals surface area contributed by atoms with E-state index in [0.717, 1.165) is 40.5 Å². The van der Waals surface area contributed by atoms with Gasteiger partial charge in [-0.2, -0.15) is 0 Å². The lowest BCUT2D eigenvalue weighted by molar-refractivity contribution is 0.627. The Balaban J connectivity index is 2.07. The molecule has 4 heteroatoms. The van der Waals surface area contributed by atoms with E-state index in [1.54, 1.807) is 0 Å². The number of nitrogens with two attached hydrogens (primary N) is 1. The topological polar surface area (TPSA) is 55.1 Å². The Morgan fingerprint density at radius 3 is 2.54 bits per heavy atom. The number of aromatic nitrogens is 1. The van der Waals surface area contributed by atoms with Gasteiger partial charge in [-0.1, -0.05) is 6.07 Å². The molecule has 1 aromatic heterocycles. The molecule has 2 N–H and O–H groups in total. The summed E-state index contributed by atoms with van der Waals surface area (Å²) in [6.45, 7) is 6.32. The van der Waals surface area contributed by atoms with Gasteiger partial charge in [0.15, 0.2) is 11.2 Å². The molecule has 0 aliphatic carbocycles. The molecule has 0 bridgehead atoms. The first-order valence-corrected chi connectivity index (χ1v) is 8.30. The first-order chi connectivity index (χ1) is 11.7. The highest BCUT2D eigenvalue weighted by atomic mass is 16.3. The molecule has 0 radical (unpaired) electrons. The fourth-order valence-electron chi connectivity index (χ4n) is 3.20. The van der Waals surface area contributed by atoms with Gasteiger partial charge in [-0.15, -0.1) is 0 Å². The highest BCUT2D eigenvalue weighted by Gasteiger charge is 2.09. The fourth-order valence-corrected chi connectivity index (χ4v) is 3.20. The van der Waals surface area contributed by atoms with Crippen molar-refractivity contribution in [3.8, 4) is 0 Å². The maximum atomic E-state index is 6.14. The standard InChI is InChI=1S/C20H19N3O/c1-3-23(4-2)15-7-8-16-13(11-15)5-9-18-20(16)24-19-12-14(21)6-10-17(19)22-18/h5-12,21H,3-4H2,1-2H3/p+1. The van der Waals surface area contributed by atoms with Crippen molar-refractivity contribution in [3.05, 3.63) is 53.9 Å². The third kappa shape index (κ3) is 2.31. The van der Waals surface area contributed by atoms with E-state index in [1.165, 1.54) is 5.36 Å². The van der Waals surface area contributed by atoms with Crippen molar-refractivity contribution < 1.29 is 4.42 Å². The van der Waals surface area contributed by atoms with Crippen LogP contribution in [-0.2, 0) is 0 Å². The van der Waals surface area contributed by atoms with Crippen molar-refractivity contribution in [1.82, 2.24) is 9.56 Å². The van der Waals surface area contributed by atoms with Gasteiger partial charge in [-0.25, -0.2) is 9.56 Å². The number of nitrogens with zero attached hydrogens (tertiary/aromatic N) is 2. The summed E-state index contributed by atoms with van der Waals surface area (Å²) in [4.78, 5) is 4.70. The third-order valence-corrected chi connectivity index (χ3v) is 4.50. The van der Waals surface area contributed by atoms with Crippen LogP contribution in [-0.4, -0.2) is 18.1 Å². The van der Waals surface area contributed by atoms with Crippen LogP contribution in [0.3, 0.4) is 0 Å². The normalized spacial score (nSPS) is 11.4. The molecule has 0 atom stereocenters. The lowest BCUT2D eigenvalue weighted by atomic mass is 10.1. The zero-order valence-corrected chi connectivity index (χ0v) is 13.9. The molecule has 0 unspecified atom stereocenters. The van der Waals surface area contributed by atoms with Crippen molar-refractivity contribution in [2.24, 2.45) is 0 Å². The molecule has 0 saturated heterocycles. The van der Waals surface area contributed by atoms with Crippen molar-refractivity contribution in [1.29, 1.82) is 0 Å². The maximum absolute atomic E-state index is 6.14. The number of hydrogen-bond acceptors (Lipinski definition) is 3. The van der Waals surface area contributed by atoms with Crippen LogP contribution in [0.15, 0.2) is 52.9 Å². The van der Waals surface area contributed by atoms with Crippen LogP contribution in [0, 0.1) is 0 Å². The molecule has 0 amide bonds. The van der Waals surface area contributed by atoms with Crippen LogP contribution >= 0.6 is 0 Å². The van der Waals surface area contributed by atoms with Gasteiger partial charge in [0.1, 0.15) is 24.1 Å². The van der Waals surface area contributed by atoms with E-state index >= 15 is 0 Å². The van der Waals surface area contributed by atoms with Crippen molar-refractivity contribution in [3.63, 3.8) is 0 Å². The number of nitrogen functional groups attached to an aromatic ring is 1. The predicted molar refractivity (Wildman–Crippen MR) is 99.8 cm³/mol. The summed E-state index contributed by atoms with van der Waals surface area (Å²) >= 11 is 0. The van der Waals surface area contributed by atoms with Crippen LogP contribution in [0.4, 0.5) is 5.69 Å². The molecule has 0 saturated carbocycles. The minimum Gasteiger partial charge on any atom is -0.452 e. The molecule has 4 rings (SSSR count). The van der Waals surface area contributed by atoms with E-state index in [9.17, 15) is 0 Å². The second-order valence-corrected chi connectivity index (χ2v) is 5.93. The Morgan fingerprint density at radius 1 is 0.958 bits per heavy atom. The van der Waals surface area contributed by atoms with E-state index in [1.807, 2.05) is 24.3 Å². The molecule has 0 spiro atoms. The zero-order valence-electron chi connectivity index (χ0n) is 13.9. The number of rotatable bonds is 2. The Hall–Kier alpha value is -2.88. The molecule has 3 aromatic carbocycles. The first kappa shape index (κ1) is 14.7. The number of fused-ring (bicyclic) bond motifs is 4. The molecule has 4 aromatic rings. The maximum Gasteiger partial charge on any atom is 0.200 e. The number of hydrogen-bond donors (Lipinski definition) is 1. The number of benzene rings is 3. The van der Waals surface area contributed by atoms with Gasteiger partial charge in [0, 0.05) is 29.3 Å². The summed E-state index contributed by atoms with van der Waals surface area (Å²) in [5.74, 6) is 0. The molecule has 4 nitrogen and oxygen atoms in total. The van der Waals surface area contributed by atoms with E-state index in [4.69, 9.17) is 15.1 Å². The second-order valence-electron chi connectivity index (χ2n) is 5.93. The molecular weight excluding hydrogens is 298 g/mol. The van der Waals surface area contributed by atoms with Gasteiger partial charge in [0.2, 0.25) is 5.36 Å². The Bertz CT molecular complexity index is 1140. The van der Waals surface area contributed by atoms with E-state index < -0.39 is 0 Å². The highest BCUT2D eigenvalue weighted by Crippen LogP contribution is 2.27. The smallest absolute Gasteiger partial charge is 0.200 e. The van der Waals surface area contributed by atoms with Gasteiger partial charge in [0.25, 0.3) is 0 Å². The van der Waals surface area contributed by atoms with Crippen LogP contribution in [0.25, 0.3) is 33.0 Å². The summed E-state index contributed by atoms with van der Waals surface area (Å²) in [5, 5.41) is 3.45. The molecule has 0 aliphatic heterocycles. The summed E-state index contributed by atoms with van der Waals surface area (Å²) in [6.07, 6.45) is 0. The van der Waals surface area contributed by atoms with Crippen LogP contribution in [0.1, 0.15) is 13.8 Å². The first-order valence-electron chi connectivity index (χ1n) is 8.30. The Morgan fingerprint density at radius 2 is 1.75 bits per heavy atom. The molecular formula is C20H20N3O+. The van der Waals surface area contributed by atoms with E-state index in [0.29, 0.717) is 11.3 Å². The average Bonchev–Trinajstić information content (AvgIpc) is 2.61. The van der Waals surface area contributed by atoms with Crippen LogP contribution in [0.2, 0.25) is 0 Å². The largest absolute Gasteiger partial charge is 0.452 e. The molecule has 24 heavy (non-hydrogen) atoms. The van der Waals surface area contributed by atoms with Crippen LogP contribution < -0.4 is 15.7 Å². The minimum atomic E-state index is 0.677. The SMILES string of the molecule is CC[N+](CC)=c1ccc2c(ccc3nc4ccc(N)cc4oc32)c1. The Kier molecular flexibility index (Phi) is 3.45. The molecule has 0 fully saturated rings. The lowest BCUT2D eigenvalue weighted by Gasteiger charge is -2.05. The summed E-state index contributed by atoms with van der Waals surface area (Å²) in [6, 6.07) is 16.2. The van der Waals surface area contributed by atoms with Crippen molar-refractivity contribution in [2.45, 2.75) is 13.8 Å². The summed E-state index contributed by atoms with van der Waals surface area (Å²) < 4.78 is 8.47. The summed E-state index contributed by atoms with van der Waals surface area (Å²) in [5.41, 5.74) is 9.73. The average molecular weight is 318 g/mol. The minimum absolute atomic E-state index is 0.677. The summed E-state index contributed by atoms with van der Waals surface area (Å²) in [7, 11) is 0. The van der Waals surface area contributed by atoms with Gasteiger partial charge in [-0.05, 0) is 43.5 Å². The van der Waals surface area contributed by atoms with Gasteiger partial charge >= 0.3 is 0 Å². The zero-order chi connectivity index (χ0) is 16.7. The molecule has 120 valence electrons. The van der Waals surface area contributed by atoms with Crippen molar-refractivity contribution >= 4 is 38.7 Å². The third-order valence-electron chi connectivity index (χ3n) is 4.50. The molecule has 0 aliphatic rings. The van der Waals surface area contributed by atoms with Gasteiger partial charge in [-0.3, -0.25) is 0 Å². The van der Waals surface area contributed by atoms with E-state index in [-0.39, 0.29) is 0 Å². The Labute approximate surface area is 139 Å². The lowest BCUT2D eigenvalue weighted by Crippen LogP contribution is -2.29. The van der Waals surface area contributed by atoms with Crippen LogP contribution in [0.5, 0.6) is 0 Å². The van der Waals surface area contributed by atoms with Gasteiger partial charge < -0.3 is 10.2 Å². The monoisotopic (exact) mass is 318 g/mol.